The normalized spacial score (nSPS) is 13.6. The highest BCUT2D eigenvalue weighted by Gasteiger charge is 2.19. The largest absolute Gasteiger partial charge is 0.379 e. The number of amides is 3. The van der Waals surface area contributed by atoms with Gasteiger partial charge >= 0.3 is 0 Å². The van der Waals surface area contributed by atoms with Crippen LogP contribution in [0.3, 0.4) is 0 Å². The summed E-state index contributed by atoms with van der Waals surface area (Å²) in [6.07, 6.45) is 0. The fourth-order valence-corrected chi connectivity index (χ4v) is 3.85. The zero-order valence-corrected chi connectivity index (χ0v) is 19.5. The topological polar surface area (TPSA) is 99.8 Å². The molecule has 0 unspecified atom stereocenters. The SMILES string of the molecule is CNC(=O)c1ccc(C(=O)Nc2ccc(-c3ccccc3)cc2)cc1NC(=O)CN1CCOCC1. The summed E-state index contributed by atoms with van der Waals surface area (Å²) in [6.45, 7) is 2.68. The summed E-state index contributed by atoms with van der Waals surface area (Å²) in [4.78, 5) is 39.9. The first-order chi connectivity index (χ1) is 17.0. The molecule has 1 aliphatic heterocycles. The van der Waals surface area contributed by atoms with E-state index >= 15 is 0 Å². The van der Waals surface area contributed by atoms with Crippen LogP contribution in [0.25, 0.3) is 11.1 Å². The zero-order valence-electron chi connectivity index (χ0n) is 19.5. The summed E-state index contributed by atoms with van der Waals surface area (Å²) < 4.78 is 5.31. The minimum Gasteiger partial charge on any atom is -0.379 e. The van der Waals surface area contributed by atoms with Gasteiger partial charge in [0.25, 0.3) is 11.8 Å². The molecular formula is C27H28N4O4. The Kier molecular flexibility index (Phi) is 7.87. The van der Waals surface area contributed by atoms with E-state index in [1.807, 2.05) is 59.5 Å². The van der Waals surface area contributed by atoms with Crippen molar-refractivity contribution in [2.45, 2.75) is 0 Å². The molecule has 3 N–H and O–H groups in total. The molecule has 8 nitrogen and oxygen atoms in total. The Morgan fingerprint density at radius 3 is 2.20 bits per heavy atom. The van der Waals surface area contributed by atoms with Crippen LogP contribution in [-0.2, 0) is 9.53 Å². The van der Waals surface area contributed by atoms with Crippen LogP contribution in [0.5, 0.6) is 0 Å². The van der Waals surface area contributed by atoms with Crippen molar-refractivity contribution in [3.05, 3.63) is 83.9 Å². The lowest BCUT2D eigenvalue weighted by molar-refractivity contribution is -0.118. The molecule has 0 saturated carbocycles. The van der Waals surface area contributed by atoms with Crippen LogP contribution >= 0.6 is 0 Å². The van der Waals surface area contributed by atoms with Gasteiger partial charge in [-0.1, -0.05) is 42.5 Å². The molecule has 1 saturated heterocycles. The Morgan fingerprint density at radius 1 is 0.829 bits per heavy atom. The average Bonchev–Trinajstić information content (AvgIpc) is 2.89. The zero-order chi connectivity index (χ0) is 24.6. The van der Waals surface area contributed by atoms with Gasteiger partial charge in [0.1, 0.15) is 0 Å². The average molecular weight is 473 g/mol. The first-order valence-corrected chi connectivity index (χ1v) is 11.5. The standard InChI is InChI=1S/C27H28N4O4/c1-28-27(34)23-12-9-21(17-24(23)30-25(32)18-31-13-15-35-16-14-31)26(33)29-22-10-7-20(8-11-22)19-5-3-2-4-6-19/h2-12,17H,13-16,18H2,1H3,(H,28,34)(H,29,33)(H,30,32). The van der Waals surface area contributed by atoms with Gasteiger partial charge in [0.15, 0.2) is 0 Å². The fourth-order valence-electron chi connectivity index (χ4n) is 3.85. The molecule has 3 amide bonds. The van der Waals surface area contributed by atoms with Crippen LogP contribution in [-0.4, -0.2) is 62.5 Å². The molecule has 8 heteroatoms. The summed E-state index contributed by atoms with van der Waals surface area (Å²) >= 11 is 0. The molecule has 35 heavy (non-hydrogen) atoms. The van der Waals surface area contributed by atoms with E-state index in [2.05, 4.69) is 16.0 Å². The van der Waals surface area contributed by atoms with E-state index in [0.717, 1.165) is 11.1 Å². The fraction of sp³-hybridized carbons (Fsp3) is 0.222. The molecular weight excluding hydrogens is 444 g/mol. The number of nitrogens with zero attached hydrogens (tertiary/aromatic N) is 1. The molecule has 3 aromatic rings. The summed E-state index contributed by atoms with van der Waals surface area (Å²) in [5.41, 5.74) is 3.67. The van der Waals surface area contributed by atoms with E-state index in [-0.39, 0.29) is 35.5 Å². The predicted octanol–water partition coefficient (Wildman–Crippen LogP) is 3.24. The van der Waals surface area contributed by atoms with Gasteiger partial charge < -0.3 is 20.7 Å². The van der Waals surface area contributed by atoms with E-state index in [4.69, 9.17) is 4.74 Å². The quantitative estimate of drug-likeness (QED) is 0.490. The third-order valence-electron chi connectivity index (χ3n) is 5.75. The molecule has 180 valence electrons. The molecule has 0 aliphatic carbocycles. The first kappa shape index (κ1) is 24.1. The van der Waals surface area contributed by atoms with Crippen molar-refractivity contribution in [1.29, 1.82) is 0 Å². The van der Waals surface area contributed by atoms with Crippen LogP contribution in [0.4, 0.5) is 11.4 Å². The summed E-state index contributed by atoms with van der Waals surface area (Å²) in [6, 6.07) is 22.2. The third kappa shape index (κ3) is 6.32. The minimum absolute atomic E-state index is 0.181. The number of anilines is 2. The number of hydrogen-bond acceptors (Lipinski definition) is 5. The van der Waals surface area contributed by atoms with E-state index in [1.165, 1.54) is 19.2 Å². The lowest BCUT2D eigenvalue weighted by Gasteiger charge is -2.26. The number of nitrogens with one attached hydrogen (secondary N) is 3. The summed E-state index contributed by atoms with van der Waals surface area (Å²) in [5, 5.41) is 8.23. The Hall–Kier alpha value is -4.01. The van der Waals surface area contributed by atoms with Crippen molar-refractivity contribution in [1.82, 2.24) is 10.2 Å². The van der Waals surface area contributed by atoms with Crippen molar-refractivity contribution < 1.29 is 19.1 Å². The molecule has 1 aliphatic rings. The molecule has 0 spiro atoms. The highest BCUT2D eigenvalue weighted by Crippen LogP contribution is 2.23. The second-order valence-electron chi connectivity index (χ2n) is 8.17. The number of benzene rings is 3. The van der Waals surface area contributed by atoms with Crippen molar-refractivity contribution in [2.24, 2.45) is 0 Å². The Bertz CT molecular complexity index is 1190. The van der Waals surface area contributed by atoms with Gasteiger partial charge in [-0.2, -0.15) is 0 Å². The van der Waals surface area contributed by atoms with Crippen molar-refractivity contribution in [2.75, 3.05) is 50.5 Å². The number of carbonyl (C=O) groups is 3. The van der Waals surface area contributed by atoms with E-state index in [9.17, 15) is 14.4 Å². The van der Waals surface area contributed by atoms with Gasteiger partial charge in [0.2, 0.25) is 5.91 Å². The van der Waals surface area contributed by atoms with Gasteiger partial charge in [-0.15, -0.1) is 0 Å². The van der Waals surface area contributed by atoms with E-state index in [0.29, 0.717) is 37.6 Å². The van der Waals surface area contributed by atoms with Crippen LogP contribution in [0.1, 0.15) is 20.7 Å². The Morgan fingerprint density at radius 2 is 1.51 bits per heavy atom. The van der Waals surface area contributed by atoms with Crippen molar-refractivity contribution >= 4 is 29.1 Å². The van der Waals surface area contributed by atoms with Gasteiger partial charge in [0.05, 0.1) is 31.0 Å². The van der Waals surface area contributed by atoms with Crippen LogP contribution in [0.2, 0.25) is 0 Å². The summed E-state index contributed by atoms with van der Waals surface area (Å²) in [7, 11) is 1.52. The maximum Gasteiger partial charge on any atom is 0.255 e. The molecule has 1 fully saturated rings. The third-order valence-corrected chi connectivity index (χ3v) is 5.75. The second-order valence-corrected chi connectivity index (χ2v) is 8.17. The van der Waals surface area contributed by atoms with Gasteiger partial charge in [-0.25, -0.2) is 0 Å². The highest BCUT2D eigenvalue weighted by molar-refractivity contribution is 6.09. The number of ether oxygens (including phenoxy) is 1. The van der Waals surface area contributed by atoms with E-state index < -0.39 is 0 Å². The van der Waals surface area contributed by atoms with Crippen LogP contribution < -0.4 is 16.0 Å². The molecule has 0 atom stereocenters. The van der Waals surface area contributed by atoms with Gasteiger partial charge in [-0.3, -0.25) is 19.3 Å². The Labute approximate surface area is 204 Å². The lowest BCUT2D eigenvalue weighted by Crippen LogP contribution is -2.41. The van der Waals surface area contributed by atoms with Crippen molar-refractivity contribution in [3.8, 4) is 11.1 Å². The number of carbonyl (C=O) groups excluding carboxylic acids is 3. The highest BCUT2D eigenvalue weighted by atomic mass is 16.5. The minimum atomic E-state index is -0.352. The van der Waals surface area contributed by atoms with E-state index in [1.54, 1.807) is 6.07 Å². The molecule has 0 radical (unpaired) electrons. The maximum atomic E-state index is 12.9. The molecule has 1 heterocycles. The number of rotatable bonds is 7. The first-order valence-electron chi connectivity index (χ1n) is 11.5. The number of morpholine rings is 1. The number of hydrogen-bond donors (Lipinski definition) is 3. The second kappa shape index (κ2) is 11.4. The smallest absolute Gasteiger partial charge is 0.255 e. The molecule has 0 aromatic heterocycles. The predicted molar refractivity (Wildman–Crippen MR) is 136 cm³/mol. The van der Waals surface area contributed by atoms with Gasteiger partial charge in [0, 0.05) is 31.4 Å². The molecule has 3 aromatic carbocycles. The monoisotopic (exact) mass is 472 g/mol. The summed E-state index contributed by atoms with van der Waals surface area (Å²) in [5.74, 6) is -0.953. The van der Waals surface area contributed by atoms with Crippen LogP contribution in [0.15, 0.2) is 72.8 Å². The van der Waals surface area contributed by atoms with Crippen LogP contribution in [0, 0.1) is 0 Å². The lowest BCUT2D eigenvalue weighted by atomic mass is 10.1. The Balaban J connectivity index is 1.48. The molecule has 4 rings (SSSR count). The molecule has 0 bridgehead atoms. The van der Waals surface area contributed by atoms with Crippen molar-refractivity contribution in [3.63, 3.8) is 0 Å². The maximum absolute atomic E-state index is 12.9. The van der Waals surface area contributed by atoms with Gasteiger partial charge in [-0.05, 0) is 41.5 Å².